The minimum Gasteiger partial charge on any atom is -0.493 e. The molecule has 0 bridgehead atoms. The predicted octanol–water partition coefficient (Wildman–Crippen LogP) is 3.95. The number of ether oxygens (including phenoxy) is 2. The van der Waals surface area contributed by atoms with E-state index in [9.17, 15) is 10.1 Å². The topological polar surface area (TPSA) is 71.3 Å². The number of nitrogens with zero attached hydrogens (tertiary/aromatic N) is 1. The van der Waals surface area contributed by atoms with Crippen molar-refractivity contribution < 1.29 is 14.3 Å². The molecule has 1 N–H and O–H groups in total. The maximum Gasteiger partial charge on any atom is 0.266 e. The van der Waals surface area contributed by atoms with E-state index < -0.39 is 5.91 Å². The molecule has 0 radical (unpaired) electrons. The van der Waals surface area contributed by atoms with E-state index in [1.165, 1.54) is 6.08 Å². The summed E-state index contributed by atoms with van der Waals surface area (Å²) in [4.78, 5) is 12.4. The van der Waals surface area contributed by atoms with Gasteiger partial charge in [0.2, 0.25) is 0 Å². The molecule has 5 heteroatoms. The van der Waals surface area contributed by atoms with Crippen LogP contribution in [-0.4, -0.2) is 19.6 Å². The summed E-state index contributed by atoms with van der Waals surface area (Å²) in [6.45, 7) is 4.25. The molecular weight excluding hydrogens is 316 g/mol. The third kappa shape index (κ3) is 4.61. The van der Waals surface area contributed by atoms with Crippen LogP contribution in [0.15, 0.2) is 48.0 Å². The largest absolute Gasteiger partial charge is 0.493 e. The molecule has 0 heterocycles. The molecule has 0 aliphatic rings. The minimum atomic E-state index is -0.453. The van der Waals surface area contributed by atoms with Crippen LogP contribution >= 0.6 is 0 Å². The van der Waals surface area contributed by atoms with Gasteiger partial charge < -0.3 is 14.8 Å². The van der Waals surface area contributed by atoms with E-state index in [1.54, 1.807) is 31.4 Å². The molecule has 0 saturated heterocycles. The molecule has 0 fully saturated rings. The Kier molecular flexibility index (Phi) is 6.19. The van der Waals surface area contributed by atoms with E-state index in [1.807, 2.05) is 38.1 Å². The number of nitrogens with one attached hydrogen (secondary N) is 1. The maximum absolute atomic E-state index is 12.4. The number of amides is 1. The van der Waals surface area contributed by atoms with Gasteiger partial charge in [-0.3, -0.25) is 4.79 Å². The number of anilines is 1. The van der Waals surface area contributed by atoms with Crippen LogP contribution < -0.4 is 14.8 Å². The molecule has 0 aliphatic carbocycles. The Balaban J connectivity index is 2.28. The van der Waals surface area contributed by atoms with E-state index in [0.29, 0.717) is 29.4 Å². The van der Waals surface area contributed by atoms with Crippen molar-refractivity contribution >= 4 is 17.7 Å². The molecule has 128 valence electrons. The van der Waals surface area contributed by atoms with Gasteiger partial charge in [-0.25, -0.2) is 0 Å². The summed E-state index contributed by atoms with van der Waals surface area (Å²) in [7, 11) is 1.56. The summed E-state index contributed by atoms with van der Waals surface area (Å²) in [5, 5.41) is 12.1. The lowest BCUT2D eigenvalue weighted by Crippen LogP contribution is -2.14. The van der Waals surface area contributed by atoms with Crippen molar-refractivity contribution in [3.63, 3.8) is 0 Å². The van der Waals surface area contributed by atoms with Gasteiger partial charge in [0.25, 0.3) is 5.91 Å². The Morgan fingerprint density at radius 2 is 2.00 bits per heavy atom. The van der Waals surface area contributed by atoms with Crippen molar-refractivity contribution in [3.8, 4) is 17.6 Å². The number of hydrogen-bond acceptors (Lipinski definition) is 4. The molecule has 0 aliphatic heterocycles. The molecule has 0 saturated carbocycles. The first-order valence-corrected chi connectivity index (χ1v) is 7.88. The van der Waals surface area contributed by atoms with Gasteiger partial charge in [-0.2, -0.15) is 5.26 Å². The van der Waals surface area contributed by atoms with Crippen LogP contribution in [0.1, 0.15) is 18.1 Å². The number of carbonyl (C=O) groups excluding carboxylic acids is 1. The van der Waals surface area contributed by atoms with Gasteiger partial charge in [0.05, 0.1) is 13.7 Å². The third-order valence-electron chi connectivity index (χ3n) is 3.56. The first kappa shape index (κ1) is 18.1. The average Bonchev–Trinajstić information content (AvgIpc) is 2.62. The maximum atomic E-state index is 12.4. The number of nitriles is 1. The van der Waals surface area contributed by atoms with Crippen molar-refractivity contribution in [3.05, 3.63) is 59.2 Å². The monoisotopic (exact) mass is 336 g/mol. The molecule has 0 atom stereocenters. The van der Waals surface area contributed by atoms with Crippen LogP contribution in [0.5, 0.6) is 11.5 Å². The van der Waals surface area contributed by atoms with Gasteiger partial charge in [-0.15, -0.1) is 0 Å². The van der Waals surface area contributed by atoms with Crippen LogP contribution in [0.3, 0.4) is 0 Å². The second kappa shape index (κ2) is 8.55. The first-order chi connectivity index (χ1) is 12.1. The van der Waals surface area contributed by atoms with E-state index in [2.05, 4.69) is 5.32 Å². The number of methoxy groups -OCH3 is 1. The molecule has 0 unspecified atom stereocenters. The van der Waals surface area contributed by atoms with Gasteiger partial charge in [0.1, 0.15) is 11.6 Å². The Labute approximate surface area is 147 Å². The molecule has 2 aromatic rings. The Hall–Kier alpha value is -3.26. The molecular formula is C20H20N2O3. The number of carbonyl (C=O) groups is 1. The standard InChI is InChI=1S/C20H20N2O3/c1-4-25-19-12-15(9-10-18(19)24-3)11-16(13-21)20(23)22-17-8-6-5-7-14(17)2/h5-12H,4H2,1-3H3,(H,22,23). The van der Waals surface area contributed by atoms with Crippen molar-refractivity contribution in [1.29, 1.82) is 5.26 Å². The van der Waals surface area contributed by atoms with E-state index in [0.717, 1.165) is 5.56 Å². The number of para-hydroxylation sites is 1. The highest BCUT2D eigenvalue weighted by molar-refractivity contribution is 6.10. The minimum absolute atomic E-state index is 0.0101. The second-order valence-corrected chi connectivity index (χ2v) is 5.28. The van der Waals surface area contributed by atoms with Crippen molar-refractivity contribution in [2.45, 2.75) is 13.8 Å². The summed E-state index contributed by atoms with van der Waals surface area (Å²) in [6, 6.07) is 14.6. The van der Waals surface area contributed by atoms with Gasteiger partial charge in [-0.05, 0) is 49.2 Å². The first-order valence-electron chi connectivity index (χ1n) is 7.88. The Bertz CT molecular complexity index is 835. The zero-order valence-electron chi connectivity index (χ0n) is 14.5. The molecule has 25 heavy (non-hydrogen) atoms. The quantitative estimate of drug-likeness (QED) is 0.640. The van der Waals surface area contributed by atoms with E-state index in [4.69, 9.17) is 9.47 Å². The van der Waals surface area contributed by atoms with Crippen molar-refractivity contribution in [1.82, 2.24) is 0 Å². The van der Waals surface area contributed by atoms with Crippen LogP contribution in [-0.2, 0) is 4.79 Å². The van der Waals surface area contributed by atoms with Gasteiger partial charge in [0, 0.05) is 5.69 Å². The second-order valence-electron chi connectivity index (χ2n) is 5.28. The van der Waals surface area contributed by atoms with Crippen LogP contribution in [0.4, 0.5) is 5.69 Å². The lowest BCUT2D eigenvalue weighted by molar-refractivity contribution is -0.112. The summed E-state index contributed by atoms with van der Waals surface area (Å²) in [6.07, 6.45) is 1.52. The van der Waals surface area contributed by atoms with Crippen molar-refractivity contribution in [2.24, 2.45) is 0 Å². The predicted molar refractivity (Wildman–Crippen MR) is 97.6 cm³/mol. The fraction of sp³-hybridized carbons (Fsp3) is 0.200. The van der Waals surface area contributed by atoms with Gasteiger partial charge in [-0.1, -0.05) is 24.3 Å². The molecule has 0 spiro atoms. The van der Waals surface area contributed by atoms with Gasteiger partial charge >= 0.3 is 0 Å². The van der Waals surface area contributed by atoms with E-state index in [-0.39, 0.29) is 5.57 Å². The summed E-state index contributed by atoms with van der Waals surface area (Å²) in [5.74, 6) is 0.711. The zero-order chi connectivity index (χ0) is 18.2. The average molecular weight is 336 g/mol. The molecule has 0 aromatic heterocycles. The fourth-order valence-corrected chi connectivity index (χ4v) is 2.27. The smallest absolute Gasteiger partial charge is 0.266 e. The lowest BCUT2D eigenvalue weighted by atomic mass is 10.1. The fourth-order valence-electron chi connectivity index (χ4n) is 2.27. The molecule has 1 amide bonds. The number of rotatable bonds is 6. The molecule has 2 aromatic carbocycles. The number of benzene rings is 2. The number of hydrogen-bond donors (Lipinski definition) is 1. The third-order valence-corrected chi connectivity index (χ3v) is 3.56. The van der Waals surface area contributed by atoms with Crippen LogP contribution in [0.25, 0.3) is 6.08 Å². The summed E-state index contributed by atoms with van der Waals surface area (Å²) in [5.41, 5.74) is 2.30. The normalized spacial score (nSPS) is 10.7. The number of aryl methyl sites for hydroxylation is 1. The van der Waals surface area contributed by atoms with Crippen LogP contribution in [0, 0.1) is 18.3 Å². The Morgan fingerprint density at radius 3 is 2.64 bits per heavy atom. The highest BCUT2D eigenvalue weighted by Crippen LogP contribution is 2.29. The highest BCUT2D eigenvalue weighted by atomic mass is 16.5. The van der Waals surface area contributed by atoms with Crippen LogP contribution in [0.2, 0.25) is 0 Å². The highest BCUT2D eigenvalue weighted by Gasteiger charge is 2.12. The summed E-state index contributed by atoms with van der Waals surface area (Å²) < 4.78 is 10.8. The van der Waals surface area contributed by atoms with Crippen molar-refractivity contribution in [2.75, 3.05) is 19.0 Å². The SMILES string of the molecule is CCOc1cc(C=C(C#N)C(=O)Nc2ccccc2C)ccc1OC. The zero-order valence-corrected chi connectivity index (χ0v) is 14.5. The Morgan fingerprint density at radius 1 is 1.24 bits per heavy atom. The molecule has 2 rings (SSSR count). The van der Waals surface area contributed by atoms with E-state index >= 15 is 0 Å². The summed E-state index contributed by atoms with van der Waals surface area (Å²) >= 11 is 0. The lowest BCUT2D eigenvalue weighted by Gasteiger charge is -2.10. The van der Waals surface area contributed by atoms with Gasteiger partial charge in [0.15, 0.2) is 11.5 Å². The molecule has 5 nitrogen and oxygen atoms in total.